The Labute approximate surface area is 193 Å². The fourth-order valence-electron chi connectivity index (χ4n) is 4.05. The van der Waals surface area contributed by atoms with Crippen LogP contribution in [0.1, 0.15) is 36.8 Å². The summed E-state index contributed by atoms with van der Waals surface area (Å²) in [5.74, 6) is 5.04. The summed E-state index contributed by atoms with van der Waals surface area (Å²) in [6.07, 6.45) is 7.91. The third-order valence-corrected chi connectivity index (χ3v) is 16.3. The molecular formula is C28H36Ge2. The van der Waals surface area contributed by atoms with Crippen molar-refractivity contribution in [2.24, 2.45) is 0 Å². The standard InChI is InChI=1S/C28H36Ge2/c1-29(27-15-5-3-6-16-27)23-11-9-13-25-19-21-26(22-20-25)14-10-12-24-30(2)28-17-7-4-8-18-28/h3-8,15-22H,9-14,23-24H2,1-2H3. The predicted octanol–water partition coefficient (Wildman–Crippen LogP) is 6.40. The van der Waals surface area contributed by atoms with Crippen LogP contribution >= 0.6 is 0 Å². The summed E-state index contributed by atoms with van der Waals surface area (Å²) in [5.41, 5.74) is 3.03. The average molecular weight is 518 g/mol. The van der Waals surface area contributed by atoms with Crippen LogP contribution in [0, 0.1) is 0 Å². The Morgan fingerprint density at radius 2 is 0.833 bits per heavy atom. The van der Waals surface area contributed by atoms with Crippen LogP contribution < -0.4 is 8.79 Å². The fraction of sp³-hybridized carbons (Fsp3) is 0.357. The zero-order valence-electron chi connectivity index (χ0n) is 18.7. The first-order valence-corrected chi connectivity index (χ1v) is 20.8. The molecule has 0 heterocycles. The van der Waals surface area contributed by atoms with E-state index >= 15 is 0 Å². The number of hydrogen-bond acceptors (Lipinski definition) is 0. The van der Waals surface area contributed by atoms with Crippen molar-refractivity contribution in [2.75, 3.05) is 0 Å². The van der Waals surface area contributed by atoms with Gasteiger partial charge in [-0.2, -0.15) is 0 Å². The van der Waals surface area contributed by atoms with Crippen molar-refractivity contribution in [1.82, 2.24) is 0 Å². The minimum atomic E-state index is -1.02. The fourth-order valence-corrected chi connectivity index (χ4v) is 11.7. The Bertz CT molecular complexity index is 755. The van der Waals surface area contributed by atoms with Crippen molar-refractivity contribution >= 4 is 37.5 Å². The molecule has 0 aliphatic rings. The molecule has 2 heteroatoms. The summed E-state index contributed by atoms with van der Waals surface area (Å²) in [7, 11) is 0. The van der Waals surface area contributed by atoms with Crippen LogP contribution in [0.25, 0.3) is 0 Å². The van der Waals surface area contributed by atoms with E-state index in [2.05, 4.69) is 96.4 Å². The average Bonchev–Trinajstić information content (AvgIpc) is 2.81. The molecule has 3 aromatic carbocycles. The van der Waals surface area contributed by atoms with E-state index in [9.17, 15) is 0 Å². The SMILES string of the molecule is [CH3][Ge]([CH2]CCCc1ccc(CCC[CH2][Ge]([CH3])[c]2ccccc2)cc1)[c]1ccccc1. The molecule has 30 heavy (non-hydrogen) atoms. The summed E-state index contributed by atoms with van der Waals surface area (Å²) >= 11 is -2.03. The van der Waals surface area contributed by atoms with Gasteiger partial charge in [0.1, 0.15) is 0 Å². The summed E-state index contributed by atoms with van der Waals surface area (Å²) < 4.78 is 3.28. The first kappa shape index (κ1) is 23.4. The molecular weight excluding hydrogens is 482 g/mol. The van der Waals surface area contributed by atoms with Gasteiger partial charge in [0.2, 0.25) is 0 Å². The van der Waals surface area contributed by atoms with Gasteiger partial charge >= 0.3 is 194 Å². The van der Waals surface area contributed by atoms with Crippen molar-refractivity contribution in [1.29, 1.82) is 0 Å². The molecule has 3 aromatic rings. The van der Waals surface area contributed by atoms with E-state index in [0.29, 0.717) is 0 Å². The van der Waals surface area contributed by atoms with Crippen molar-refractivity contribution in [3.63, 3.8) is 0 Å². The maximum absolute atomic E-state index is 2.52. The van der Waals surface area contributed by atoms with Gasteiger partial charge in [0.25, 0.3) is 0 Å². The molecule has 0 saturated heterocycles. The molecule has 0 atom stereocenters. The van der Waals surface area contributed by atoms with Crippen LogP contribution in [-0.4, -0.2) is 28.7 Å². The van der Waals surface area contributed by atoms with Crippen LogP contribution in [0.3, 0.4) is 0 Å². The first-order valence-electron chi connectivity index (χ1n) is 11.6. The number of rotatable bonds is 12. The van der Waals surface area contributed by atoms with Gasteiger partial charge in [0, 0.05) is 0 Å². The van der Waals surface area contributed by atoms with Gasteiger partial charge in [-0.3, -0.25) is 0 Å². The first-order chi connectivity index (χ1) is 14.7. The molecule has 0 N–H and O–H groups in total. The second-order valence-electron chi connectivity index (χ2n) is 8.52. The van der Waals surface area contributed by atoms with Crippen LogP contribution in [0.5, 0.6) is 0 Å². The molecule has 0 amide bonds. The molecule has 2 radical (unpaired) electrons. The van der Waals surface area contributed by atoms with E-state index in [1.54, 1.807) is 8.79 Å². The minimum absolute atomic E-state index is 1.02. The third kappa shape index (κ3) is 8.11. The quantitative estimate of drug-likeness (QED) is 0.193. The molecule has 0 nitrogen and oxygen atoms in total. The van der Waals surface area contributed by atoms with Crippen molar-refractivity contribution in [2.45, 2.75) is 60.5 Å². The van der Waals surface area contributed by atoms with Crippen LogP contribution in [0.2, 0.25) is 22.0 Å². The Morgan fingerprint density at radius 3 is 1.20 bits per heavy atom. The Balaban J connectivity index is 1.30. The third-order valence-electron chi connectivity index (χ3n) is 6.09. The number of aryl methyl sites for hydroxylation is 2. The van der Waals surface area contributed by atoms with E-state index < -0.39 is 28.7 Å². The number of benzene rings is 3. The summed E-state index contributed by atoms with van der Waals surface area (Å²) in [4.78, 5) is 0. The summed E-state index contributed by atoms with van der Waals surface area (Å²) in [6, 6.07) is 31.9. The summed E-state index contributed by atoms with van der Waals surface area (Å²) in [5, 5.41) is 2.90. The molecule has 0 spiro atoms. The van der Waals surface area contributed by atoms with Gasteiger partial charge in [-0.1, -0.05) is 0 Å². The van der Waals surface area contributed by atoms with Gasteiger partial charge in [0.15, 0.2) is 0 Å². The molecule has 0 fully saturated rings. The van der Waals surface area contributed by atoms with E-state index in [-0.39, 0.29) is 0 Å². The number of unbranched alkanes of at least 4 members (excludes halogenated alkanes) is 2. The van der Waals surface area contributed by atoms with Crippen LogP contribution in [-0.2, 0) is 12.8 Å². The Kier molecular flexibility index (Phi) is 10.3. The van der Waals surface area contributed by atoms with Crippen molar-refractivity contribution in [3.05, 3.63) is 96.1 Å². The molecule has 0 saturated carbocycles. The van der Waals surface area contributed by atoms with Gasteiger partial charge < -0.3 is 0 Å². The van der Waals surface area contributed by atoms with E-state index in [1.165, 1.54) is 60.2 Å². The zero-order chi connectivity index (χ0) is 21.0. The zero-order valence-corrected chi connectivity index (χ0v) is 22.9. The molecule has 3 rings (SSSR count). The molecule has 0 aromatic heterocycles. The normalized spacial score (nSPS) is 11.3. The molecule has 0 bridgehead atoms. The van der Waals surface area contributed by atoms with Crippen molar-refractivity contribution < 1.29 is 0 Å². The molecule has 156 valence electrons. The second kappa shape index (κ2) is 13.2. The monoisotopic (exact) mass is 520 g/mol. The maximum atomic E-state index is 2.52. The van der Waals surface area contributed by atoms with Gasteiger partial charge in [-0.15, -0.1) is 0 Å². The van der Waals surface area contributed by atoms with Gasteiger partial charge in [-0.25, -0.2) is 0 Å². The van der Waals surface area contributed by atoms with E-state index in [1.807, 2.05) is 0 Å². The number of hydrogen-bond donors (Lipinski definition) is 0. The van der Waals surface area contributed by atoms with Crippen LogP contribution in [0.15, 0.2) is 84.9 Å². The molecule has 0 aliphatic carbocycles. The van der Waals surface area contributed by atoms with Crippen LogP contribution in [0.4, 0.5) is 0 Å². The predicted molar refractivity (Wildman–Crippen MR) is 137 cm³/mol. The Hall–Kier alpha value is -1.25. The van der Waals surface area contributed by atoms with Gasteiger partial charge in [0.05, 0.1) is 0 Å². The molecule has 0 aliphatic heterocycles. The second-order valence-corrected chi connectivity index (χ2v) is 19.6. The molecule has 0 unspecified atom stereocenters. The van der Waals surface area contributed by atoms with E-state index in [0.717, 1.165) is 0 Å². The van der Waals surface area contributed by atoms with Crippen molar-refractivity contribution in [3.8, 4) is 0 Å². The van der Waals surface area contributed by atoms with E-state index in [4.69, 9.17) is 0 Å². The Morgan fingerprint density at radius 1 is 0.467 bits per heavy atom. The summed E-state index contributed by atoms with van der Waals surface area (Å²) in [6.45, 7) is 0. The van der Waals surface area contributed by atoms with Gasteiger partial charge in [-0.05, 0) is 0 Å². The topological polar surface area (TPSA) is 0 Å².